The van der Waals surface area contributed by atoms with Gasteiger partial charge in [-0.3, -0.25) is 0 Å². The molecular weight excluding hydrogens is 181 g/mol. The molecule has 0 radical (unpaired) electrons. The van der Waals surface area contributed by atoms with E-state index in [4.69, 9.17) is 10.5 Å². The largest absolute Gasteiger partial charge is 0.491 e. The Morgan fingerprint density at radius 3 is 2.64 bits per heavy atom. The summed E-state index contributed by atoms with van der Waals surface area (Å²) in [5.41, 5.74) is 5.99. The van der Waals surface area contributed by atoms with Crippen molar-refractivity contribution in [3.63, 3.8) is 0 Å². The lowest BCUT2D eigenvalue weighted by Gasteiger charge is -2.10. The molecule has 1 aromatic rings. The van der Waals surface area contributed by atoms with Crippen LogP contribution in [-0.4, -0.2) is 12.6 Å². The van der Waals surface area contributed by atoms with Crippen LogP contribution in [-0.2, 0) is 6.42 Å². The Balaban J connectivity index is 2.78. The second-order valence-electron chi connectivity index (χ2n) is 3.46. The van der Waals surface area contributed by atoms with Gasteiger partial charge in [-0.1, -0.05) is 6.07 Å². The van der Waals surface area contributed by atoms with Crippen molar-refractivity contribution in [3.8, 4) is 5.75 Å². The number of hydrogen-bond acceptors (Lipinski definition) is 2. The summed E-state index contributed by atoms with van der Waals surface area (Å²) in [4.78, 5) is 0. The molecule has 0 aliphatic heterocycles. The van der Waals surface area contributed by atoms with Gasteiger partial charge < -0.3 is 10.5 Å². The van der Waals surface area contributed by atoms with E-state index in [0.717, 1.165) is 0 Å². The van der Waals surface area contributed by atoms with Crippen molar-refractivity contribution in [2.45, 2.75) is 26.4 Å². The molecule has 3 heteroatoms. The summed E-state index contributed by atoms with van der Waals surface area (Å²) in [6.07, 6.45) is 0.628. The van der Waals surface area contributed by atoms with Crippen molar-refractivity contribution in [1.82, 2.24) is 0 Å². The van der Waals surface area contributed by atoms with E-state index in [1.54, 1.807) is 12.1 Å². The first kappa shape index (κ1) is 11.0. The number of rotatable bonds is 4. The third kappa shape index (κ3) is 3.00. The first-order chi connectivity index (χ1) is 6.63. The Labute approximate surface area is 83.9 Å². The van der Waals surface area contributed by atoms with Crippen LogP contribution in [0.5, 0.6) is 5.75 Å². The maximum absolute atomic E-state index is 13.4. The lowest BCUT2D eigenvalue weighted by molar-refractivity contribution is 0.241. The normalized spacial score (nSPS) is 10.6. The molecule has 0 aliphatic rings. The van der Waals surface area contributed by atoms with Gasteiger partial charge in [-0.2, -0.15) is 0 Å². The Bertz CT molecular complexity index is 299. The molecule has 0 bridgehead atoms. The van der Waals surface area contributed by atoms with E-state index in [1.807, 2.05) is 13.8 Å². The third-order valence-electron chi connectivity index (χ3n) is 1.81. The Kier molecular flexibility index (Phi) is 3.89. The Morgan fingerprint density at radius 1 is 1.43 bits per heavy atom. The molecule has 1 rings (SSSR count). The standard InChI is InChI=1S/C11H16FNO/c1-8(2)14-10-4-3-9(5-6-13)11(12)7-10/h3-4,7-8H,5-6,13H2,1-2H3. The Hall–Kier alpha value is -1.09. The first-order valence-electron chi connectivity index (χ1n) is 4.78. The summed E-state index contributed by atoms with van der Waals surface area (Å²) in [5, 5.41) is 0. The van der Waals surface area contributed by atoms with Crippen LogP contribution in [0.4, 0.5) is 4.39 Å². The minimum Gasteiger partial charge on any atom is -0.491 e. The smallest absolute Gasteiger partial charge is 0.130 e. The summed E-state index contributed by atoms with van der Waals surface area (Å²) in [5.74, 6) is 0.326. The van der Waals surface area contributed by atoms with E-state index in [1.165, 1.54) is 6.07 Å². The second kappa shape index (κ2) is 4.96. The fourth-order valence-corrected chi connectivity index (χ4v) is 1.23. The van der Waals surface area contributed by atoms with Crippen molar-refractivity contribution in [3.05, 3.63) is 29.6 Å². The van der Waals surface area contributed by atoms with E-state index >= 15 is 0 Å². The molecule has 0 aliphatic carbocycles. The lowest BCUT2D eigenvalue weighted by atomic mass is 10.1. The van der Waals surface area contributed by atoms with Crippen molar-refractivity contribution in [2.75, 3.05) is 6.54 Å². The minimum atomic E-state index is -0.242. The van der Waals surface area contributed by atoms with E-state index in [9.17, 15) is 4.39 Å². The predicted molar refractivity (Wildman–Crippen MR) is 54.9 cm³/mol. The van der Waals surface area contributed by atoms with E-state index < -0.39 is 0 Å². The van der Waals surface area contributed by atoms with Crippen LogP contribution in [0, 0.1) is 5.82 Å². The third-order valence-corrected chi connectivity index (χ3v) is 1.81. The summed E-state index contributed by atoms with van der Waals surface area (Å²) < 4.78 is 18.7. The van der Waals surface area contributed by atoms with Crippen LogP contribution < -0.4 is 10.5 Å². The van der Waals surface area contributed by atoms with Gasteiger partial charge in [0.1, 0.15) is 11.6 Å². The zero-order chi connectivity index (χ0) is 10.6. The molecule has 0 spiro atoms. The molecule has 0 atom stereocenters. The average Bonchev–Trinajstić information content (AvgIpc) is 2.09. The minimum absolute atomic E-state index is 0.0646. The van der Waals surface area contributed by atoms with Gasteiger partial charge in [0.2, 0.25) is 0 Å². The van der Waals surface area contributed by atoms with Gasteiger partial charge >= 0.3 is 0 Å². The summed E-state index contributed by atoms with van der Waals surface area (Å²) in [6.45, 7) is 4.28. The van der Waals surface area contributed by atoms with Gasteiger partial charge in [0, 0.05) is 6.07 Å². The molecule has 0 fully saturated rings. The predicted octanol–water partition coefficient (Wildman–Crippen LogP) is 2.11. The molecule has 0 amide bonds. The van der Waals surface area contributed by atoms with Crippen molar-refractivity contribution in [2.24, 2.45) is 5.73 Å². The number of hydrogen-bond donors (Lipinski definition) is 1. The number of benzene rings is 1. The highest BCUT2D eigenvalue weighted by molar-refractivity contribution is 5.29. The van der Waals surface area contributed by atoms with Gasteiger partial charge in [-0.25, -0.2) is 4.39 Å². The average molecular weight is 197 g/mol. The molecule has 2 N–H and O–H groups in total. The quantitative estimate of drug-likeness (QED) is 0.802. The molecule has 78 valence electrons. The summed E-state index contributed by atoms with van der Waals surface area (Å²) in [7, 11) is 0. The topological polar surface area (TPSA) is 35.2 Å². The lowest BCUT2D eigenvalue weighted by Crippen LogP contribution is -2.07. The molecule has 0 saturated carbocycles. The van der Waals surface area contributed by atoms with E-state index in [-0.39, 0.29) is 11.9 Å². The number of nitrogens with two attached hydrogens (primary N) is 1. The maximum Gasteiger partial charge on any atom is 0.130 e. The van der Waals surface area contributed by atoms with Crippen LogP contribution >= 0.6 is 0 Å². The van der Waals surface area contributed by atoms with Gasteiger partial charge in [0.25, 0.3) is 0 Å². The monoisotopic (exact) mass is 197 g/mol. The second-order valence-corrected chi connectivity index (χ2v) is 3.46. The van der Waals surface area contributed by atoms with Crippen LogP contribution in [0.2, 0.25) is 0 Å². The van der Waals surface area contributed by atoms with Crippen molar-refractivity contribution in [1.29, 1.82) is 0 Å². The molecule has 1 aromatic carbocycles. The highest BCUT2D eigenvalue weighted by Crippen LogP contribution is 2.17. The van der Waals surface area contributed by atoms with Crippen LogP contribution in [0.15, 0.2) is 18.2 Å². The number of ether oxygens (including phenoxy) is 1. The molecule has 0 aromatic heterocycles. The van der Waals surface area contributed by atoms with Crippen LogP contribution in [0.25, 0.3) is 0 Å². The number of halogens is 1. The maximum atomic E-state index is 13.4. The molecule has 0 saturated heterocycles. The van der Waals surface area contributed by atoms with E-state index in [0.29, 0.717) is 24.3 Å². The van der Waals surface area contributed by atoms with Crippen molar-refractivity contribution < 1.29 is 9.13 Å². The fourth-order valence-electron chi connectivity index (χ4n) is 1.23. The van der Waals surface area contributed by atoms with Crippen molar-refractivity contribution >= 4 is 0 Å². The van der Waals surface area contributed by atoms with Crippen LogP contribution in [0.1, 0.15) is 19.4 Å². The molecule has 0 heterocycles. The zero-order valence-electron chi connectivity index (χ0n) is 8.59. The molecule has 2 nitrogen and oxygen atoms in total. The fraction of sp³-hybridized carbons (Fsp3) is 0.455. The van der Waals surface area contributed by atoms with Gasteiger partial charge in [-0.05, 0) is 38.4 Å². The van der Waals surface area contributed by atoms with Crippen LogP contribution in [0.3, 0.4) is 0 Å². The van der Waals surface area contributed by atoms with E-state index in [2.05, 4.69) is 0 Å². The summed E-state index contributed by atoms with van der Waals surface area (Å²) >= 11 is 0. The molecule has 14 heavy (non-hydrogen) atoms. The molecular formula is C11H16FNO. The zero-order valence-corrected chi connectivity index (χ0v) is 8.59. The SMILES string of the molecule is CC(C)Oc1ccc(CCN)c(F)c1. The van der Waals surface area contributed by atoms with Gasteiger partial charge in [0.15, 0.2) is 0 Å². The van der Waals surface area contributed by atoms with Gasteiger partial charge in [-0.15, -0.1) is 0 Å². The first-order valence-corrected chi connectivity index (χ1v) is 4.78. The Morgan fingerprint density at radius 2 is 2.14 bits per heavy atom. The summed E-state index contributed by atoms with van der Waals surface area (Å²) in [6, 6.07) is 4.90. The van der Waals surface area contributed by atoms with Gasteiger partial charge in [0.05, 0.1) is 6.10 Å². The highest BCUT2D eigenvalue weighted by Gasteiger charge is 2.04. The molecule has 0 unspecified atom stereocenters. The highest BCUT2D eigenvalue weighted by atomic mass is 19.1.